The van der Waals surface area contributed by atoms with Crippen LogP contribution in [-0.4, -0.2) is 19.9 Å². The van der Waals surface area contributed by atoms with Crippen molar-refractivity contribution in [2.24, 2.45) is 0 Å². The summed E-state index contributed by atoms with van der Waals surface area (Å²) in [6.07, 6.45) is 7.23. The molecule has 0 aliphatic heterocycles. The van der Waals surface area contributed by atoms with E-state index < -0.39 is 0 Å². The molecule has 6 nitrogen and oxygen atoms in total. The first-order chi connectivity index (χ1) is 19.7. The van der Waals surface area contributed by atoms with Gasteiger partial charge in [0.15, 0.2) is 0 Å². The molecular formula is C34H28N6. The number of aromatic nitrogens is 4. The summed E-state index contributed by atoms with van der Waals surface area (Å²) >= 11 is 0. The van der Waals surface area contributed by atoms with E-state index in [1.807, 2.05) is 60.9 Å². The smallest absolute Gasteiger partial charge is 0.141 e. The van der Waals surface area contributed by atoms with Gasteiger partial charge in [-0.1, -0.05) is 48.5 Å². The third-order valence-corrected chi connectivity index (χ3v) is 6.73. The highest BCUT2D eigenvalue weighted by atomic mass is 15.2. The van der Waals surface area contributed by atoms with E-state index in [1.165, 1.54) is 0 Å². The normalized spacial score (nSPS) is 10.8. The number of nitrogens with zero attached hydrogens (tertiary/aromatic N) is 6. The molecule has 0 unspecified atom stereocenters. The molecule has 0 saturated carbocycles. The van der Waals surface area contributed by atoms with Crippen molar-refractivity contribution in [1.82, 2.24) is 19.9 Å². The average molecular weight is 521 g/mol. The lowest BCUT2D eigenvalue weighted by Gasteiger charge is -2.25. The second kappa shape index (κ2) is 11.2. The Labute approximate surface area is 234 Å². The van der Waals surface area contributed by atoms with Crippen molar-refractivity contribution in [3.8, 4) is 11.1 Å². The molecule has 194 valence electrons. The van der Waals surface area contributed by atoms with Crippen LogP contribution in [-0.2, 0) is 0 Å². The first-order valence-corrected chi connectivity index (χ1v) is 13.1. The molecule has 0 atom stereocenters. The predicted molar refractivity (Wildman–Crippen MR) is 162 cm³/mol. The number of rotatable bonds is 7. The monoisotopic (exact) mass is 520 g/mol. The van der Waals surface area contributed by atoms with E-state index in [9.17, 15) is 0 Å². The van der Waals surface area contributed by atoms with Gasteiger partial charge in [0.2, 0.25) is 0 Å². The van der Waals surface area contributed by atoms with Gasteiger partial charge < -0.3 is 0 Å². The molecule has 6 aromatic rings. The molecule has 40 heavy (non-hydrogen) atoms. The van der Waals surface area contributed by atoms with Crippen molar-refractivity contribution < 1.29 is 0 Å². The van der Waals surface area contributed by atoms with Crippen molar-refractivity contribution in [2.45, 2.75) is 13.8 Å². The van der Waals surface area contributed by atoms with E-state index in [4.69, 9.17) is 0 Å². The number of anilines is 6. The van der Waals surface area contributed by atoms with Crippen LogP contribution in [0.3, 0.4) is 0 Å². The quantitative estimate of drug-likeness (QED) is 0.210. The fourth-order valence-corrected chi connectivity index (χ4v) is 4.73. The van der Waals surface area contributed by atoms with Gasteiger partial charge in [-0.15, -0.1) is 0 Å². The molecule has 4 aromatic heterocycles. The Morgan fingerprint density at radius 1 is 0.400 bits per heavy atom. The molecule has 6 heteroatoms. The van der Waals surface area contributed by atoms with Gasteiger partial charge in [-0.2, -0.15) is 0 Å². The lowest BCUT2D eigenvalue weighted by atomic mass is 10.0. The van der Waals surface area contributed by atoms with Gasteiger partial charge in [-0.25, -0.2) is 19.9 Å². The van der Waals surface area contributed by atoms with Crippen LogP contribution >= 0.6 is 0 Å². The predicted octanol–water partition coefficient (Wildman–Crippen LogP) is 8.49. The number of pyridine rings is 4. The Morgan fingerprint density at radius 3 is 1.15 bits per heavy atom. The summed E-state index contributed by atoms with van der Waals surface area (Å²) in [5.74, 6) is 3.36. The molecule has 0 spiro atoms. The highest BCUT2D eigenvalue weighted by Crippen LogP contribution is 2.37. The molecule has 4 heterocycles. The van der Waals surface area contributed by atoms with E-state index in [-0.39, 0.29) is 0 Å². The minimum absolute atomic E-state index is 0.820. The fraction of sp³-hybridized carbons (Fsp3) is 0.0588. The zero-order chi connectivity index (χ0) is 27.3. The summed E-state index contributed by atoms with van der Waals surface area (Å²) < 4.78 is 0. The molecule has 6 rings (SSSR count). The van der Waals surface area contributed by atoms with Crippen molar-refractivity contribution in [3.63, 3.8) is 0 Å². The summed E-state index contributed by atoms with van der Waals surface area (Å²) in [5.41, 5.74) is 6.38. The third kappa shape index (κ3) is 5.02. The molecule has 0 fully saturated rings. The van der Waals surface area contributed by atoms with E-state index >= 15 is 0 Å². The maximum absolute atomic E-state index is 4.67. The summed E-state index contributed by atoms with van der Waals surface area (Å²) in [4.78, 5) is 22.7. The molecule has 0 bridgehead atoms. The van der Waals surface area contributed by atoms with Gasteiger partial charge in [0.25, 0.3) is 0 Å². The van der Waals surface area contributed by atoms with Crippen LogP contribution in [0.5, 0.6) is 0 Å². The van der Waals surface area contributed by atoms with E-state index in [2.05, 4.69) is 104 Å². The molecule has 0 aliphatic rings. The van der Waals surface area contributed by atoms with Crippen molar-refractivity contribution in [1.29, 1.82) is 0 Å². The third-order valence-electron chi connectivity index (χ3n) is 6.73. The van der Waals surface area contributed by atoms with Crippen LogP contribution in [0.25, 0.3) is 11.1 Å². The topological polar surface area (TPSA) is 58.0 Å². The van der Waals surface area contributed by atoms with E-state index in [1.54, 1.807) is 12.4 Å². The Balaban J connectivity index is 1.33. The van der Waals surface area contributed by atoms with Gasteiger partial charge in [0.1, 0.15) is 23.3 Å². The van der Waals surface area contributed by atoms with Gasteiger partial charge in [0, 0.05) is 36.2 Å². The van der Waals surface area contributed by atoms with Crippen LogP contribution in [0.4, 0.5) is 34.6 Å². The zero-order valence-corrected chi connectivity index (χ0v) is 22.4. The standard InChI is InChI=1S/C34H28N6/c1-25-9-7-23-37-33(25)39(31-11-3-5-21-35-31)29-17-13-27(14-18-29)28-15-19-30(20-16-28)40(32-12-4-6-22-36-32)34-26(2)10-8-24-38-34/h3-24H,1-2H3. The SMILES string of the molecule is Cc1cccnc1N(c1ccc(-c2ccc(N(c3ccccn3)c3ncccc3C)cc2)cc1)c1ccccn1. The Hall–Kier alpha value is -5.36. The van der Waals surface area contributed by atoms with Crippen LogP contribution in [0.2, 0.25) is 0 Å². The summed E-state index contributed by atoms with van der Waals surface area (Å²) in [5, 5.41) is 0. The van der Waals surface area contributed by atoms with Gasteiger partial charge in [-0.3, -0.25) is 9.80 Å². The summed E-state index contributed by atoms with van der Waals surface area (Å²) in [6.45, 7) is 4.13. The molecule has 0 aliphatic carbocycles. The highest BCUT2D eigenvalue weighted by molar-refractivity contribution is 5.78. The van der Waals surface area contributed by atoms with E-state index in [0.29, 0.717) is 0 Å². The van der Waals surface area contributed by atoms with Gasteiger partial charge in [-0.05, 0) is 96.8 Å². The van der Waals surface area contributed by atoms with Gasteiger partial charge in [0.05, 0.1) is 0 Å². The maximum Gasteiger partial charge on any atom is 0.141 e. The maximum atomic E-state index is 4.67. The number of benzene rings is 2. The van der Waals surface area contributed by atoms with Crippen molar-refractivity contribution in [3.05, 3.63) is 145 Å². The Bertz CT molecular complexity index is 1570. The Kier molecular flexibility index (Phi) is 6.97. The second-order valence-electron chi connectivity index (χ2n) is 9.43. The second-order valence-corrected chi connectivity index (χ2v) is 9.43. The Morgan fingerprint density at radius 2 is 0.800 bits per heavy atom. The summed E-state index contributed by atoms with van der Waals surface area (Å²) in [7, 11) is 0. The van der Waals surface area contributed by atoms with Crippen LogP contribution in [0.1, 0.15) is 11.1 Å². The fourth-order valence-electron chi connectivity index (χ4n) is 4.73. The van der Waals surface area contributed by atoms with Crippen molar-refractivity contribution in [2.75, 3.05) is 9.80 Å². The minimum atomic E-state index is 0.820. The molecule has 0 saturated heterocycles. The lowest BCUT2D eigenvalue weighted by Crippen LogP contribution is -2.14. The minimum Gasteiger partial charge on any atom is -0.279 e. The van der Waals surface area contributed by atoms with Crippen LogP contribution in [0.15, 0.2) is 134 Å². The van der Waals surface area contributed by atoms with Gasteiger partial charge >= 0.3 is 0 Å². The van der Waals surface area contributed by atoms with Crippen LogP contribution in [0, 0.1) is 13.8 Å². The van der Waals surface area contributed by atoms with Crippen LogP contribution < -0.4 is 9.80 Å². The first kappa shape index (κ1) is 24.9. The first-order valence-electron chi connectivity index (χ1n) is 13.1. The number of hydrogen-bond acceptors (Lipinski definition) is 6. The molecule has 0 radical (unpaired) electrons. The lowest BCUT2D eigenvalue weighted by molar-refractivity contribution is 1.10. The number of hydrogen-bond donors (Lipinski definition) is 0. The summed E-state index contributed by atoms with van der Waals surface area (Å²) in [6, 6.07) is 36.9. The number of aryl methyl sites for hydroxylation is 2. The molecular weight excluding hydrogens is 492 g/mol. The van der Waals surface area contributed by atoms with Crippen molar-refractivity contribution >= 4 is 34.6 Å². The average Bonchev–Trinajstić information content (AvgIpc) is 3.01. The molecule has 0 amide bonds. The largest absolute Gasteiger partial charge is 0.279 e. The highest BCUT2D eigenvalue weighted by Gasteiger charge is 2.18. The molecule has 0 N–H and O–H groups in total. The molecule has 2 aromatic carbocycles. The zero-order valence-electron chi connectivity index (χ0n) is 22.4. The van der Waals surface area contributed by atoms with E-state index in [0.717, 1.165) is 56.9 Å².